The minimum atomic E-state index is -3.51. The Balaban J connectivity index is 1.97. The lowest BCUT2D eigenvalue weighted by molar-refractivity contribution is -0.121. The lowest BCUT2D eigenvalue weighted by Gasteiger charge is -2.25. The number of hydrogen-bond acceptors (Lipinski definition) is 4. The first-order valence-electron chi connectivity index (χ1n) is 8.24. The molecule has 2 atom stereocenters. The zero-order valence-electron chi connectivity index (χ0n) is 14.8. The van der Waals surface area contributed by atoms with Crippen LogP contribution in [0.4, 0.5) is 0 Å². The predicted molar refractivity (Wildman–Crippen MR) is 94.4 cm³/mol. The summed E-state index contributed by atoms with van der Waals surface area (Å²) >= 11 is 0. The predicted octanol–water partition coefficient (Wildman–Crippen LogP) is 1.18. The summed E-state index contributed by atoms with van der Waals surface area (Å²) in [6, 6.07) is 5.44. The molecule has 0 spiro atoms. The monoisotopic (exact) mass is 353 g/mol. The molecular formula is C17H27N3O3S. The average molecular weight is 353 g/mol. The largest absolute Gasteiger partial charge is 0.359 e. The molecule has 1 aliphatic rings. The number of hydrogen-bond donors (Lipinski definition) is 2. The van der Waals surface area contributed by atoms with E-state index < -0.39 is 10.0 Å². The van der Waals surface area contributed by atoms with Gasteiger partial charge in [-0.2, -0.15) is 0 Å². The van der Waals surface area contributed by atoms with Crippen molar-refractivity contribution in [3.63, 3.8) is 0 Å². The molecule has 0 saturated carbocycles. The third-order valence-corrected chi connectivity index (χ3v) is 6.40. The maximum Gasteiger partial charge on any atom is 0.240 e. The fourth-order valence-corrected chi connectivity index (χ4v) is 4.23. The summed E-state index contributed by atoms with van der Waals surface area (Å²) in [5.41, 5.74) is 2.03. The van der Waals surface area contributed by atoms with E-state index in [1.54, 1.807) is 19.2 Å². The molecule has 0 aliphatic carbocycles. The Hall–Kier alpha value is -1.44. The quantitative estimate of drug-likeness (QED) is 0.805. The van der Waals surface area contributed by atoms with Gasteiger partial charge in [0.2, 0.25) is 15.9 Å². The number of amides is 1. The highest BCUT2D eigenvalue weighted by molar-refractivity contribution is 7.89. The maximum absolute atomic E-state index is 12.5. The molecule has 0 aromatic heterocycles. The van der Waals surface area contributed by atoms with Crippen molar-refractivity contribution >= 4 is 15.9 Å². The Kier molecular flexibility index (Phi) is 6.01. The highest BCUT2D eigenvalue weighted by Gasteiger charge is 2.32. The number of nitrogens with one attached hydrogen (secondary N) is 2. The second kappa shape index (κ2) is 7.63. The SMILES string of the molecule is CNC(=O)C[C@H]1CC[C@@H](CNS(=O)(=O)c2ccc(C)c(C)c2)N1C. The smallest absolute Gasteiger partial charge is 0.240 e. The molecule has 1 aromatic rings. The summed E-state index contributed by atoms with van der Waals surface area (Å²) < 4.78 is 27.7. The van der Waals surface area contributed by atoms with Crippen LogP contribution in [0.5, 0.6) is 0 Å². The van der Waals surface area contributed by atoms with E-state index >= 15 is 0 Å². The number of carbonyl (C=O) groups excluding carboxylic acids is 1. The zero-order chi connectivity index (χ0) is 17.9. The van der Waals surface area contributed by atoms with Crippen LogP contribution in [0, 0.1) is 13.8 Å². The Labute approximate surface area is 144 Å². The summed E-state index contributed by atoms with van der Waals surface area (Å²) in [7, 11) is 0.0738. The van der Waals surface area contributed by atoms with E-state index in [4.69, 9.17) is 0 Å². The van der Waals surface area contributed by atoms with Gasteiger partial charge in [0, 0.05) is 32.1 Å². The molecule has 0 bridgehead atoms. The molecule has 0 unspecified atom stereocenters. The normalized spacial score (nSPS) is 21.8. The number of rotatable bonds is 6. The van der Waals surface area contributed by atoms with E-state index in [0.29, 0.717) is 17.9 Å². The molecule has 1 amide bonds. The molecule has 7 heteroatoms. The van der Waals surface area contributed by atoms with Gasteiger partial charge in [0.25, 0.3) is 0 Å². The van der Waals surface area contributed by atoms with Crippen LogP contribution in [0.1, 0.15) is 30.4 Å². The number of likely N-dealkylation sites (N-methyl/N-ethyl adjacent to an activating group) is 1. The second-order valence-corrected chi connectivity index (χ2v) is 8.29. The van der Waals surface area contributed by atoms with Gasteiger partial charge in [0.1, 0.15) is 0 Å². The summed E-state index contributed by atoms with van der Waals surface area (Å²) in [6.07, 6.45) is 2.24. The van der Waals surface area contributed by atoms with Crippen molar-refractivity contribution in [2.24, 2.45) is 0 Å². The minimum absolute atomic E-state index is 0.0169. The first-order chi connectivity index (χ1) is 11.2. The number of nitrogens with zero attached hydrogens (tertiary/aromatic N) is 1. The number of likely N-dealkylation sites (tertiary alicyclic amines) is 1. The van der Waals surface area contributed by atoms with E-state index in [0.717, 1.165) is 24.0 Å². The molecule has 134 valence electrons. The molecule has 6 nitrogen and oxygen atoms in total. The summed E-state index contributed by atoms with van der Waals surface area (Å²) in [5, 5.41) is 2.64. The van der Waals surface area contributed by atoms with Gasteiger partial charge in [-0.05, 0) is 57.0 Å². The Bertz CT molecular complexity index is 703. The Morgan fingerprint density at radius 2 is 1.88 bits per heavy atom. The van der Waals surface area contributed by atoms with Crippen LogP contribution in [0.25, 0.3) is 0 Å². The third-order valence-electron chi connectivity index (χ3n) is 4.98. The van der Waals surface area contributed by atoms with Crippen LogP contribution >= 0.6 is 0 Å². The zero-order valence-corrected chi connectivity index (χ0v) is 15.6. The summed E-state index contributed by atoms with van der Waals surface area (Å²) in [4.78, 5) is 13.9. The first kappa shape index (κ1) is 18.9. The van der Waals surface area contributed by atoms with Crippen LogP contribution in [0.2, 0.25) is 0 Å². The fraction of sp³-hybridized carbons (Fsp3) is 0.588. The molecule has 1 fully saturated rings. The Morgan fingerprint density at radius 1 is 1.21 bits per heavy atom. The van der Waals surface area contributed by atoms with Crippen molar-refractivity contribution in [1.29, 1.82) is 0 Å². The summed E-state index contributed by atoms with van der Waals surface area (Å²) in [5.74, 6) is 0.0169. The van der Waals surface area contributed by atoms with Gasteiger partial charge in [0.15, 0.2) is 0 Å². The number of carbonyl (C=O) groups is 1. The van der Waals surface area contributed by atoms with Gasteiger partial charge in [-0.1, -0.05) is 6.07 Å². The molecule has 1 aliphatic heterocycles. The van der Waals surface area contributed by atoms with Gasteiger partial charge in [0.05, 0.1) is 4.90 Å². The van der Waals surface area contributed by atoms with Crippen molar-refractivity contribution in [3.05, 3.63) is 29.3 Å². The molecule has 1 heterocycles. The van der Waals surface area contributed by atoms with Crippen LogP contribution in [0.15, 0.2) is 23.1 Å². The molecule has 24 heavy (non-hydrogen) atoms. The first-order valence-corrected chi connectivity index (χ1v) is 9.72. The number of aryl methyl sites for hydroxylation is 2. The van der Waals surface area contributed by atoms with Crippen molar-refractivity contribution in [3.8, 4) is 0 Å². The van der Waals surface area contributed by atoms with E-state index in [1.165, 1.54) is 0 Å². The molecule has 2 rings (SSSR count). The van der Waals surface area contributed by atoms with Crippen molar-refractivity contribution < 1.29 is 13.2 Å². The van der Waals surface area contributed by atoms with Gasteiger partial charge >= 0.3 is 0 Å². The second-order valence-electron chi connectivity index (χ2n) is 6.53. The fourth-order valence-electron chi connectivity index (χ4n) is 3.07. The van der Waals surface area contributed by atoms with Crippen molar-refractivity contribution in [2.75, 3.05) is 20.6 Å². The van der Waals surface area contributed by atoms with Gasteiger partial charge in [-0.25, -0.2) is 13.1 Å². The van der Waals surface area contributed by atoms with Crippen LogP contribution in [-0.4, -0.2) is 51.9 Å². The molecule has 1 saturated heterocycles. The highest BCUT2D eigenvalue weighted by atomic mass is 32.2. The van der Waals surface area contributed by atoms with Crippen LogP contribution in [0.3, 0.4) is 0 Å². The third kappa shape index (κ3) is 4.34. The lowest BCUT2D eigenvalue weighted by Crippen LogP contribution is -2.42. The molecule has 2 N–H and O–H groups in total. The van der Waals surface area contributed by atoms with Crippen LogP contribution < -0.4 is 10.0 Å². The highest BCUT2D eigenvalue weighted by Crippen LogP contribution is 2.24. The maximum atomic E-state index is 12.5. The average Bonchev–Trinajstić information content (AvgIpc) is 2.88. The van der Waals surface area contributed by atoms with Gasteiger partial charge < -0.3 is 5.32 Å². The van der Waals surface area contributed by atoms with E-state index in [1.807, 2.05) is 27.0 Å². The van der Waals surface area contributed by atoms with E-state index in [-0.39, 0.29) is 18.0 Å². The van der Waals surface area contributed by atoms with Crippen molar-refractivity contribution in [1.82, 2.24) is 14.9 Å². The molecular weight excluding hydrogens is 326 g/mol. The van der Waals surface area contributed by atoms with E-state index in [9.17, 15) is 13.2 Å². The van der Waals surface area contributed by atoms with E-state index in [2.05, 4.69) is 14.9 Å². The van der Waals surface area contributed by atoms with Crippen molar-refractivity contribution in [2.45, 2.75) is 50.1 Å². The molecule has 0 radical (unpaired) electrons. The summed E-state index contributed by atoms with van der Waals surface area (Å²) in [6.45, 7) is 4.22. The topological polar surface area (TPSA) is 78.5 Å². The minimum Gasteiger partial charge on any atom is -0.359 e. The van der Waals surface area contributed by atoms with Crippen LogP contribution in [-0.2, 0) is 14.8 Å². The number of benzene rings is 1. The molecule has 1 aromatic carbocycles. The van der Waals surface area contributed by atoms with Gasteiger partial charge in [-0.15, -0.1) is 0 Å². The lowest BCUT2D eigenvalue weighted by atomic mass is 10.1. The standard InChI is InChI=1S/C17H27N3O3S/c1-12-5-8-16(9-13(12)2)24(22,23)19-11-15-7-6-14(20(15)4)10-17(21)18-3/h5,8-9,14-15,19H,6-7,10-11H2,1-4H3,(H,18,21)/t14-,15+/m1/s1. The number of sulfonamides is 1. The van der Waals surface area contributed by atoms with Gasteiger partial charge in [-0.3, -0.25) is 9.69 Å². The Morgan fingerprint density at radius 3 is 2.50 bits per heavy atom.